The number of aldehydes is 1. The lowest BCUT2D eigenvalue weighted by molar-refractivity contribution is 0.112. The number of aryl methyl sites for hydroxylation is 1. The molecule has 0 spiro atoms. The number of aromatic nitrogens is 1. The molecule has 1 aromatic heterocycles. The molecule has 1 aliphatic rings. The molecule has 2 rings (SSSR count). The molecule has 0 unspecified atom stereocenters. The Morgan fingerprint density at radius 2 is 2.12 bits per heavy atom. The molecule has 86 valence electrons. The number of hydrogen-bond donors (Lipinski definition) is 0. The van der Waals surface area contributed by atoms with Gasteiger partial charge < -0.3 is 0 Å². The van der Waals surface area contributed by atoms with E-state index in [9.17, 15) is 4.79 Å². The van der Waals surface area contributed by atoms with Gasteiger partial charge in [0.25, 0.3) is 0 Å². The maximum atomic E-state index is 10.6. The average Bonchev–Trinajstić information content (AvgIpc) is 2.33. The summed E-state index contributed by atoms with van der Waals surface area (Å²) in [6.07, 6.45) is 9.22. The first-order chi connectivity index (χ1) is 7.79. The van der Waals surface area contributed by atoms with E-state index in [0.717, 1.165) is 22.1 Å². The van der Waals surface area contributed by atoms with Crippen LogP contribution < -0.4 is 0 Å². The fraction of sp³-hybridized carbons (Fsp3) is 0.538. The largest absolute Gasteiger partial charge is 0.298 e. The fourth-order valence-corrected chi connectivity index (χ4v) is 3.36. The predicted molar refractivity (Wildman–Crippen MR) is 67.1 cm³/mol. The minimum atomic E-state index is 0.672. The van der Waals surface area contributed by atoms with Gasteiger partial charge in [0.2, 0.25) is 0 Å². The van der Waals surface area contributed by atoms with Crippen molar-refractivity contribution in [2.24, 2.45) is 0 Å². The smallest absolute Gasteiger partial charge is 0.151 e. The number of carbonyl (C=O) groups is 1. The lowest BCUT2D eigenvalue weighted by Gasteiger charge is -2.21. The predicted octanol–water partition coefficient (Wildman–Crippen LogP) is 3.63. The zero-order chi connectivity index (χ0) is 11.4. The summed E-state index contributed by atoms with van der Waals surface area (Å²) >= 11 is 1.88. The molecule has 1 aromatic rings. The molecule has 16 heavy (non-hydrogen) atoms. The van der Waals surface area contributed by atoms with Crippen molar-refractivity contribution in [1.29, 1.82) is 0 Å². The zero-order valence-corrected chi connectivity index (χ0v) is 10.4. The Morgan fingerprint density at radius 1 is 1.38 bits per heavy atom. The molecule has 1 saturated carbocycles. The van der Waals surface area contributed by atoms with E-state index in [-0.39, 0.29) is 0 Å². The standard InChI is InChI=1S/C13H17NOS/c1-10-7-11(9-15)8-14-13(10)16-12-5-3-2-4-6-12/h7-9,12H,2-6H2,1H3. The summed E-state index contributed by atoms with van der Waals surface area (Å²) in [6, 6.07) is 1.92. The van der Waals surface area contributed by atoms with Gasteiger partial charge in [-0.2, -0.15) is 0 Å². The molecule has 3 heteroatoms. The minimum Gasteiger partial charge on any atom is -0.298 e. The number of nitrogens with zero attached hydrogens (tertiary/aromatic N) is 1. The molecular weight excluding hydrogens is 218 g/mol. The molecule has 0 saturated heterocycles. The Labute approximate surface area is 101 Å². The maximum Gasteiger partial charge on any atom is 0.151 e. The fourth-order valence-electron chi connectivity index (χ4n) is 2.11. The number of pyridine rings is 1. The van der Waals surface area contributed by atoms with Gasteiger partial charge >= 0.3 is 0 Å². The lowest BCUT2D eigenvalue weighted by atomic mass is 10.0. The highest BCUT2D eigenvalue weighted by atomic mass is 32.2. The molecule has 0 radical (unpaired) electrons. The van der Waals surface area contributed by atoms with E-state index in [1.54, 1.807) is 6.20 Å². The van der Waals surface area contributed by atoms with Gasteiger partial charge in [0.05, 0.1) is 5.03 Å². The summed E-state index contributed by atoms with van der Waals surface area (Å²) in [5.74, 6) is 0. The van der Waals surface area contributed by atoms with E-state index in [0.29, 0.717) is 5.56 Å². The minimum absolute atomic E-state index is 0.672. The Kier molecular flexibility index (Phi) is 3.99. The monoisotopic (exact) mass is 235 g/mol. The van der Waals surface area contributed by atoms with Crippen molar-refractivity contribution >= 4 is 18.0 Å². The molecule has 0 aliphatic heterocycles. The second-order valence-electron chi connectivity index (χ2n) is 4.39. The Bertz CT molecular complexity index is 372. The van der Waals surface area contributed by atoms with Gasteiger partial charge in [-0.15, -0.1) is 11.8 Å². The first kappa shape index (κ1) is 11.6. The Morgan fingerprint density at radius 3 is 2.75 bits per heavy atom. The van der Waals surface area contributed by atoms with Crippen molar-refractivity contribution in [2.75, 3.05) is 0 Å². The molecule has 0 N–H and O–H groups in total. The van der Waals surface area contributed by atoms with E-state index in [2.05, 4.69) is 4.98 Å². The first-order valence-corrected chi connectivity index (χ1v) is 6.76. The average molecular weight is 235 g/mol. The van der Waals surface area contributed by atoms with Crippen LogP contribution in [0.4, 0.5) is 0 Å². The SMILES string of the molecule is Cc1cc(C=O)cnc1SC1CCCCC1. The van der Waals surface area contributed by atoms with Crippen LogP contribution in [0.3, 0.4) is 0 Å². The second kappa shape index (κ2) is 5.48. The van der Waals surface area contributed by atoms with Crippen LogP contribution in [-0.2, 0) is 0 Å². The Hall–Kier alpha value is -0.830. The number of thioether (sulfide) groups is 1. The first-order valence-electron chi connectivity index (χ1n) is 5.88. The van der Waals surface area contributed by atoms with Crippen molar-refractivity contribution in [3.63, 3.8) is 0 Å². The van der Waals surface area contributed by atoms with Crippen molar-refractivity contribution in [3.05, 3.63) is 23.4 Å². The van der Waals surface area contributed by atoms with Crippen molar-refractivity contribution in [3.8, 4) is 0 Å². The summed E-state index contributed by atoms with van der Waals surface area (Å²) in [5, 5.41) is 1.82. The molecule has 2 nitrogen and oxygen atoms in total. The van der Waals surface area contributed by atoms with Crippen molar-refractivity contribution in [2.45, 2.75) is 49.3 Å². The number of carbonyl (C=O) groups excluding carboxylic acids is 1. The summed E-state index contributed by atoms with van der Waals surface area (Å²) in [7, 11) is 0. The number of rotatable bonds is 3. The molecule has 1 aliphatic carbocycles. The third-order valence-corrected chi connectivity index (χ3v) is 4.47. The van der Waals surface area contributed by atoms with E-state index in [1.807, 2.05) is 24.8 Å². The lowest BCUT2D eigenvalue weighted by Crippen LogP contribution is -2.08. The molecular formula is C13H17NOS. The van der Waals surface area contributed by atoms with Crippen molar-refractivity contribution in [1.82, 2.24) is 4.98 Å². The molecule has 0 amide bonds. The van der Waals surface area contributed by atoms with Crippen LogP contribution in [0.5, 0.6) is 0 Å². The highest BCUT2D eigenvalue weighted by Gasteiger charge is 2.16. The van der Waals surface area contributed by atoms with Gasteiger partial charge in [0, 0.05) is 17.0 Å². The van der Waals surface area contributed by atoms with Crippen LogP contribution in [0, 0.1) is 6.92 Å². The summed E-state index contributed by atoms with van der Waals surface area (Å²) < 4.78 is 0. The van der Waals surface area contributed by atoms with Gasteiger partial charge in [0.15, 0.2) is 6.29 Å². The topological polar surface area (TPSA) is 30.0 Å². The van der Waals surface area contributed by atoms with E-state index in [1.165, 1.54) is 32.1 Å². The second-order valence-corrected chi connectivity index (χ2v) is 5.68. The van der Waals surface area contributed by atoms with Crippen LogP contribution >= 0.6 is 11.8 Å². The Balaban J connectivity index is 2.05. The molecule has 1 heterocycles. The van der Waals surface area contributed by atoms with E-state index >= 15 is 0 Å². The summed E-state index contributed by atoms with van der Waals surface area (Å²) in [5.41, 5.74) is 1.80. The van der Waals surface area contributed by atoms with Crippen LogP contribution in [0.1, 0.15) is 48.0 Å². The molecule has 0 atom stereocenters. The van der Waals surface area contributed by atoms with Gasteiger partial charge in [-0.3, -0.25) is 4.79 Å². The highest BCUT2D eigenvalue weighted by Crippen LogP contribution is 2.33. The molecule has 0 bridgehead atoms. The summed E-state index contributed by atoms with van der Waals surface area (Å²) in [6.45, 7) is 2.03. The van der Waals surface area contributed by atoms with Gasteiger partial charge in [-0.1, -0.05) is 19.3 Å². The third-order valence-electron chi connectivity index (χ3n) is 3.02. The van der Waals surface area contributed by atoms with Crippen molar-refractivity contribution < 1.29 is 4.79 Å². The third kappa shape index (κ3) is 2.85. The quantitative estimate of drug-likeness (QED) is 0.749. The van der Waals surface area contributed by atoms with Crippen LogP contribution in [0.2, 0.25) is 0 Å². The van der Waals surface area contributed by atoms with Crippen LogP contribution in [0.15, 0.2) is 17.3 Å². The van der Waals surface area contributed by atoms with Gasteiger partial charge in [0.1, 0.15) is 0 Å². The molecule has 1 fully saturated rings. The maximum absolute atomic E-state index is 10.6. The van der Waals surface area contributed by atoms with Crippen LogP contribution in [-0.4, -0.2) is 16.5 Å². The van der Waals surface area contributed by atoms with E-state index < -0.39 is 0 Å². The van der Waals surface area contributed by atoms with Gasteiger partial charge in [-0.05, 0) is 31.4 Å². The summed E-state index contributed by atoms with van der Waals surface area (Å²) in [4.78, 5) is 15.0. The normalized spacial score (nSPS) is 17.3. The number of hydrogen-bond acceptors (Lipinski definition) is 3. The zero-order valence-electron chi connectivity index (χ0n) is 9.61. The molecule has 0 aromatic carbocycles. The van der Waals surface area contributed by atoms with Gasteiger partial charge in [-0.25, -0.2) is 4.98 Å². The highest BCUT2D eigenvalue weighted by molar-refractivity contribution is 7.99. The van der Waals surface area contributed by atoms with E-state index in [4.69, 9.17) is 0 Å². The van der Waals surface area contributed by atoms with Crippen LogP contribution in [0.25, 0.3) is 0 Å².